The lowest BCUT2D eigenvalue weighted by atomic mass is 10.2. The van der Waals surface area contributed by atoms with Crippen LogP contribution in [0.4, 0.5) is 5.69 Å². The van der Waals surface area contributed by atoms with Crippen molar-refractivity contribution in [1.29, 1.82) is 0 Å². The van der Waals surface area contributed by atoms with Crippen LogP contribution < -0.4 is 9.64 Å². The molecule has 1 aliphatic rings. The van der Waals surface area contributed by atoms with E-state index in [1.807, 2.05) is 24.3 Å². The topological polar surface area (TPSA) is 51.1 Å². The van der Waals surface area contributed by atoms with Gasteiger partial charge in [0.25, 0.3) is 0 Å². The van der Waals surface area contributed by atoms with Gasteiger partial charge in [-0.3, -0.25) is 0 Å². The Hall–Kier alpha value is -2.47. The SMILES string of the molecule is CC1CN(Cc2csc(-c3ncccn3)n2)c2ccccc2O1. The molecule has 3 aromatic rings. The molecule has 1 unspecified atom stereocenters. The number of thiazole rings is 1. The third kappa shape index (κ3) is 2.90. The third-order valence-corrected chi connectivity index (χ3v) is 4.56. The van der Waals surface area contributed by atoms with Gasteiger partial charge in [0.2, 0.25) is 0 Å². The second-order valence-electron chi connectivity index (χ2n) is 5.49. The number of hydrogen-bond donors (Lipinski definition) is 0. The van der Waals surface area contributed by atoms with Crippen LogP contribution in [0.15, 0.2) is 48.1 Å². The molecular weight excluding hydrogens is 308 g/mol. The van der Waals surface area contributed by atoms with Crippen molar-refractivity contribution in [2.45, 2.75) is 19.6 Å². The van der Waals surface area contributed by atoms with Gasteiger partial charge in [0, 0.05) is 17.8 Å². The molecule has 6 heteroatoms. The molecule has 0 aliphatic carbocycles. The van der Waals surface area contributed by atoms with E-state index in [1.54, 1.807) is 23.7 Å². The van der Waals surface area contributed by atoms with Crippen molar-refractivity contribution < 1.29 is 4.74 Å². The van der Waals surface area contributed by atoms with E-state index in [0.29, 0.717) is 5.82 Å². The van der Waals surface area contributed by atoms with Crippen molar-refractivity contribution in [3.05, 3.63) is 53.8 Å². The van der Waals surface area contributed by atoms with Crippen LogP contribution in [0.25, 0.3) is 10.8 Å². The molecule has 1 aliphatic heterocycles. The highest BCUT2D eigenvalue weighted by Crippen LogP contribution is 2.34. The summed E-state index contributed by atoms with van der Waals surface area (Å²) in [5.74, 6) is 1.62. The number of fused-ring (bicyclic) bond motifs is 1. The Balaban J connectivity index is 1.58. The number of anilines is 1. The monoisotopic (exact) mass is 324 g/mol. The molecule has 0 bridgehead atoms. The fourth-order valence-electron chi connectivity index (χ4n) is 2.72. The predicted molar refractivity (Wildman–Crippen MR) is 90.7 cm³/mol. The average Bonchev–Trinajstić information content (AvgIpc) is 3.04. The Morgan fingerprint density at radius 3 is 2.91 bits per heavy atom. The van der Waals surface area contributed by atoms with E-state index in [4.69, 9.17) is 4.74 Å². The first-order valence-corrected chi connectivity index (χ1v) is 8.40. The second-order valence-corrected chi connectivity index (χ2v) is 6.35. The molecule has 23 heavy (non-hydrogen) atoms. The molecule has 4 rings (SSSR count). The lowest BCUT2D eigenvalue weighted by molar-refractivity contribution is 0.212. The number of rotatable bonds is 3. The molecule has 0 N–H and O–H groups in total. The fraction of sp³-hybridized carbons (Fsp3) is 0.235. The Morgan fingerprint density at radius 2 is 2.04 bits per heavy atom. The van der Waals surface area contributed by atoms with E-state index < -0.39 is 0 Å². The Labute approximate surface area is 138 Å². The highest BCUT2D eigenvalue weighted by molar-refractivity contribution is 7.13. The number of ether oxygens (including phenoxy) is 1. The summed E-state index contributed by atoms with van der Waals surface area (Å²) in [6.45, 7) is 3.70. The van der Waals surface area contributed by atoms with Gasteiger partial charge in [0.05, 0.1) is 24.5 Å². The van der Waals surface area contributed by atoms with Crippen molar-refractivity contribution in [1.82, 2.24) is 15.0 Å². The van der Waals surface area contributed by atoms with Crippen LogP contribution in [0.5, 0.6) is 5.75 Å². The van der Waals surface area contributed by atoms with Crippen molar-refractivity contribution in [2.75, 3.05) is 11.4 Å². The molecule has 116 valence electrons. The summed E-state index contributed by atoms with van der Waals surface area (Å²) in [7, 11) is 0. The van der Waals surface area contributed by atoms with Gasteiger partial charge in [0.1, 0.15) is 11.9 Å². The molecule has 2 aromatic heterocycles. The molecular formula is C17H16N4OS. The molecule has 1 aromatic carbocycles. The van der Waals surface area contributed by atoms with Gasteiger partial charge >= 0.3 is 0 Å². The summed E-state index contributed by atoms with van der Waals surface area (Å²) in [4.78, 5) is 15.5. The van der Waals surface area contributed by atoms with E-state index >= 15 is 0 Å². The van der Waals surface area contributed by atoms with Crippen molar-refractivity contribution in [3.63, 3.8) is 0 Å². The average molecular weight is 324 g/mol. The lowest BCUT2D eigenvalue weighted by Gasteiger charge is -2.34. The highest BCUT2D eigenvalue weighted by Gasteiger charge is 2.23. The number of nitrogens with zero attached hydrogens (tertiary/aromatic N) is 4. The predicted octanol–water partition coefficient (Wildman–Crippen LogP) is 3.39. The maximum Gasteiger partial charge on any atom is 0.188 e. The van der Waals surface area contributed by atoms with Crippen molar-refractivity contribution >= 4 is 17.0 Å². The van der Waals surface area contributed by atoms with Crippen molar-refractivity contribution in [3.8, 4) is 16.6 Å². The minimum atomic E-state index is 0.167. The summed E-state index contributed by atoms with van der Waals surface area (Å²) < 4.78 is 5.89. The molecule has 0 saturated heterocycles. The maximum absolute atomic E-state index is 5.89. The van der Waals surface area contributed by atoms with Gasteiger partial charge in [0.15, 0.2) is 10.8 Å². The summed E-state index contributed by atoms with van der Waals surface area (Å²) >= 11 is 1.58. The van der Waals surface area contributed by atoms with Gasteiger partial charge in [-0.1, -0.05) is 12.1 Å². The molecule has 3 heterocycles. The molecule has 0 radical (unpaired) electrons. The minimum Gasteiger partial charge on any atom is -0.487 e. The van der Waals surface area contributed by atoms with E-state index in [-0.39, 0.29) is 6.10 Å². The zero-order valence-corrected chi connectivity index (χ0v) is 13.5. The summed E-state index contributed by atoms with van der Waals surface area (Å²) in [6.07, 6.45) is 3.65. The second kappa shape index (κ2) is 5.96. The van der Waals surface area contributed by atoms with Gasteiger partial charge in [-0.15, -0.1) is 11.3 Å². The number of hydrogen-bond acceptors (Lipinski definition) is 6. The standard InChI is InChI=1S/C17H16N4OS/c1-12-9-21(14-5-2-3-6-15(14)22-12)10-13-11-23-17(20-13)16-18-7-4-8-19-16/h2-8,11-12H,9-10H2,1H3. The molecule has 0 spiro atoms. The van der Waals surface area contributed by atoms with E-state index in [2.05, 4.69) is 38.2 Å². The molecule has 0 saturated carbocycles. The van der Waals surface area contributed by atoms with Crippen LogP contribution in [0.3, 0.4) is 0 Å². The first-order valence-electron chi connectivity index (χ1n) is 7.52. The zero-order chi connectivity index (χ0) is 15.6. The Kier molecular flexibility index (Phi) is 3.67. The Morgan fingerprint density at radius 1 is 1.22 bits per heavy atom. The first kappa shape index (κ1) is 14.1. The summed E-state index contributed by atoms with van der Waals surface area (Å²) in [5.41, 5.74) is 2.15. The van der Waals surface area contributed by atoms with Crippen LogP contribution in [-0.4, -0.2) is 27.6 Å². The fourth-order valence-corrected chi connectivity index (χ4v) is 3.47. The van der Waals surface area contributed by atoms with Gasteiger partial charge in [-0.05, 0) is 25.1 Å². The summed E-state index contributed by atoms with van der Waals surface area (Å²) in [6, 6.07) is 9.96. The quantitative estimate of drug-likeness (QED) is 0.739. The molecule has 1 atom stereocenters. The van der Waals surface area contributed by atoms with Gasteiger partial charge in [-0.25, -0.2) is 15.0 Å². The third-order valence-electron chi connectivity index (χ3n) is 3.67. The van der Waals surface area contributed by atoms with E-state index in [9.17, 15) is 0 Å². The van der Waals surface area contributed by atoms with Gasteiger partial charge in [-0.2, -0.15) is 0 Å². The van der Waals surface area contributed by atoms with Crippen LogP contribution in [-0.2, 0) is 6.54 Å². The minimum absolute atomic E-state index is 0.167. The van der Waals surface area contributed by atoms with Crippen LogP contribution >= 0.6 is 11.3 Å². The highest BCUT2D eigenvalue weighted by atomic mass is 32.1. The number of aromatic nitrogens is 3. The number of para-hydroxylation sites is 2. The Bertz CT molecular complexity index is 805. The molecule has 0 amide bonds. The summed E-state index contributed by atoms with van der Waals surface area (Å²) in [5, 5.41) is 2.93. The van der Waals surface area contributed by atoms with Crippen LogP contribution in [0, 0.1) is 0 Å². The van der Waals surface area contributed by atoms with E-state index in [1.165, 1.54) is 0 Å². The molecule has 5 nitrogen and oxygen atoms in total. The molecule has 0 fully saturated rings. The number of benzene rings is 1. The van der Waals surface area contributed by atoms with Gasteiger partial charge < -0.3 is 9.64 Å². The van der Waals surface area contributed by atoms with E-state index in [0.717, 1.165) is 35.2 Å². The van der Waals surface area contributed by atoms with Crippen LogP contribution in [0.2, 0.25) is 0 Å². The van der Waals surface area contributed by atoms with Crippen LogP contribution in [0.1, 0.15) is 12.6 Å². The largest absolute Gasteiger partial charge is 0.487 e. The smallest absolute Gasteiger partial charge is 0.188 e. The normalized spacial score (nSPS) is 16.7. The first-order chi connectivity index (χ1) is 11.3. The zero-order valence-electron chi connectivity index (χ0n) is 12.7. The lowest BCUT2D eigenvalue weighted by Crippen LogP contribution is -2.37. The van der Waals surface area contributed by atoms with Crippen molar-refractivity contribution in [2.24, 2.45) is 0 Å². The maximum atomic E-state index is 5.89.